The van der Waals surface area contributed by atoms with Crippen LogP contribution in [-0.2, 0) is 14.3 Å². The molecular formula is C11H21NO3. The molecule has 88 valence electrons. The number of methoxy groups -OCH3 is 1. The van der Waals surface area contributed by atoms with Crippen LogP contribution in [0.15, 0.2) is 0 Å². The van der Waals surface area contributed by atoms with E-state index >= 15 is 0 Å². The highest BCUT2D eigenvalue weighted by Crippen LogP contribution is 2.28. The molecule has 0 spiro atoms. The van der Waals surface area contributed by atoms with E-state index in [4.69, 9.17) is 9.47 Å². The Labute approximate surface area is 91.3 Å². The first-order valence-electron chi connectivity index (χ1n) is 5.54. The van der Waals surface area contributed by atoms with E-state index in [2.05, 4.69) is 19.2 Å². The SMILES string of the molecule is CCC(C)NC1(C(=O)OC)CCOC1C. The predicted molar refractivity (Wildman–Crippen MR) is 57.7 cm³/mol. The Morgan fingerprint density at radius 3 is 2.80 bits per heavy atom. The number of carbonyl (C=O) groups is 1. The second-order valence-corrected chi connectivity index (χ2v) is 4.18. The maximum Gasteiger partial charge on any atom is 0.328 e. The summed E-state index contributed by atoms with van der Waals surface area (Å²) >= 11 is 0. The Hall–Kier alpha value is -0.610. The standard InChI is InChI=1S/C11H21NO3/c1-5-8(2)12-11(10(13)14-4)6-7-15-9(11)3/h8-9,12H,5-7H2,1-4H3. The maximum atomic E-state index is 11.8. The van der Waals surface area contributed by atoms with E-state index in [0.29, 0.717) is 13.0 Å². The topological polar surface area (TPSA) is 47.6 Å². The van der Waals surface area contributed by atoms with Crippen molar-refractivity contribution >= 4 is 5.97 Å². The minimum Gasteiger partial charge on any atom is -0.468 e. The van der Waals surface area contributed by atoms with E-state index in [1.54, 1.807) is 0 Å². The first-order chi connectivity index (χ1) is 7.06. The van der Waals surface area contributed by atoms with Crippen molar-refractivity contribution in [3.63, 3.8) is 0 Å². The molecule has 0 aliphatic carbocycles. The summed E-state index contributed by atoms with van der Waals surface area (Å²) in [6.07, 6.45) is 1.54. The van der Waals surface area contributed by atoms with E-state index in [1.165, 1.54) is 7.11 Å². The normalized spacial score (nSPS) is 32.7. The van der Waals surface area contributed by atoms with Crippen molar-refractivity contribution in [3.05, 3.63) is 0 Å². The van der Waals surface area contributed by atoms with Gasteiger partial charge in [0.1, 0.15) is 5.54 Å². The zero-order chi connectivity index (χ0) is 11.5. The maximum absolute atomic E-state index is 11.8. The first-order valence-corrected chi connectivity index (χ1v) is 5.54. The molecule has 1 saturated heterocycles. The van der Waals surface area contributed by atoms with Crippen LogP contribution >= 0.6 is 0 Å². The van der Waals surface area contributed by atoms with Gasteiger partial charge in [-0.05, 0) is 20.3 Å². The lowest BCUT2D eigenvalue weighted by molar-refractivity contribution is -0.151. The molecule has 1 aliphatic heterocycles. The van der Waals surface area contributed by atoms with Gasteiger partial charge in [-0.2, -0.15) is 0 Å². The van der Waals surface area contributed by atoms with Crippen LogP contribution in [0, 0.1) is 0 Å². The van der Waals surface area contributed by atoms with Crippen LogP contribution in [0.3, 0.4) is 0 Å². The third-order valence-electron chi connectivity index (χ3n) is 3.22. The number of rotatable bonds is 4. The summed E-state index contributed by atoms with van der Waals surface area (Å²) < 4.78 is 10.3. The molecule has 4 heteroatoms. The third-order valence-corrected chi connectivity index (χ3v) is 3.22. The molecule has 3 atom stereocenters. The second-order valence-electron chi connectivity index (χ2n) is 4.18. The summed E-state index contributed by atoms with van der Waals surface area (Å²) in [5.74, 6) is -0.215. The van der Waals surface area contributed by atoms with Gasteiger partial charge >= 0.3 is 5.97 Å². The Morgan fingerprint density at radius 1 is 1.73 bits per heavy atom. The second kappa shape index (κ2) is 4.94. The summed E-state index contributed by atoms with van der Waals surface area (Å²) in [6, 6.07) is 0.285. The Morgan fingerprint density at radius 2 is 2.40 bits per heavy atom. The van der Waals surface area contributed by atoms with Gasteiger partial charge in [-0.1, -0.05) is 6.92 Å². The molecule has 1 aliphatic rings. The lowest BCUT2D eigenvalue weighted by atomic mass is 9.90. The van der Waals surface area contributed by atoms with E-state index in [-0.39, 0.29) is 18.1 Å². The number of nitrogens with one attached hydrogen (secondary N) is 1. The average Bonchev–Trinajstić information content (AvgIpc) is 2.60. The van der Waals surface area contributed by atoms with E-state index in [0.717, 1.165) is 6.42 Å². The summed E-state index contributed by atoms with van der Waals surface area (Å²) in [4.78, 5) is 11.8. The Bertz CT molecular complexity index is 232. The molecule has 1 N–H and O–H groups in total. The van der Waals surface area contributed by atoms with Gasteiger partial charge in [0.15, 0.2) is 0 Å². The number of ether oxygens (including phenoxy) is 2. The third kappa shape index (κ3) is 2.32. The fourth-order valence-corrected chi connectivity index (χ4v) is 1.98. The van der Waals surface area contributed by atoms with Crippen LogP contribution in [0.5, 0.6) is 0 Å². The van der Waals surface area contributed by atoms with Gasteiger partial charge in [-0.25, -0.2) is 4.79 Å². The zero-order valence-electron chi connectivity index (χ0n) is 10.0. The van der Waals surface area contributed by atoms with Gasteiger partial charge in [-0.15, -0.1) is 0 Å². The number of hydrogen-bond acceptors (Lipinski definition) is 4. The highest BCUT2D eigenvalue weighted by molar-refractivity contribution is 5.82. The largest absolute Gasteiger partial charge is 0.468 e. The molecule has 0 amide bonds. The average molecular weight is 215 g/mol. The fraction of sp³-hybridized carbons (Fsp3) is 0.909. The first kappa shape index (κ1) is 12.5. The van der Waals surface area contributed by atoms with E-state index in [1.807, 2.05) is 6.92 Å². The van der Waals surface area contributed by atoms with Crippen LogP contribution < -0.4 is 5.32 Å². The molecule has 15 heavy (non-hydrogen) atoms. The molecule has 1 rings (SSSR count). The molecule has 0 saturated carbocycles. The summed E-state index contributed by atoms with van der Waals surface area (Å²) in [7, 11) is 1.42. The monoisotopic (exact) mass is 215 g/mol. The molecule has 4 nitrogen and oxygen atoms in total. The lowest BCUT2D eigenvalue weighted by Crippen LogP contribution is -2.59. The summed E-state index contributed by atoms with van der Waals surface area (Å²) in [5, 5.41) is 3.34. The van der Waals surface area contributed by atoms with Gasteiger partial charge in [-0.3, -0.25) is 5.32 Å². The summed E-state index contributed by atoms with van der Waals surface area (Å²) in [5.41, 5.74) is -0.649. The molecule has 0 bridgehead atoms. The quantitative estimate of drug-likeness (QED) is 0.713. The number of hydrogen-bond donors (Lipinski definition) is 1. The van der Waals surface area contributed by atoms with Gasteiger partial charge < -0.3 is 9.47 Å². The number of carbonyl (C=O) groups excluding carboxylic acids is 1. The summed E-state index contributed by atoms with van der Waals surface area (Å²) in [6.45, 7) is 6.68. The van der Waals surface area contributed by atoms with Crippen LogP contribution in [-0.4, -0.2) is 37.4 Å². The predicted octanol–water partition coefficient (Wildman–Crippen LogP) is 1.10. The van der Waals surface area contributed by atoms with Crippen LogP contribution in [0.4, 0.5) is 0 Å². The van der Waals surface area contributed by atoms with Crippen molar-refractivity contribution < 1.29 is 14.3 Å². The van der Waals surface area contributed by atoms with E-state index in [9.17, 15) is 4.79 Å². The van der Waals surface area contributed by atoms with Crippen LogP contribution in [0.1, 0.15) is 33.6 Å². The smallest absolute Gasteiger partial charge is 0.328 e. The van der Waals surface area contributed by atoms with Gasteiger partial charge in [0.25, 0.3) is 0 Å². The highest BCUT2D eigenvalue weighted by atomic mass is 16.5. The van der Waals surface area contributed by atoms with Crippen molar-refractivity contribution in [3.8, 4) is 0 Å². The van der Waals surface area contributed by atoms with Crippen molar-refractivity contribution in [2.24, 2.45) is 0 Å². The lowest BCUT2D eigenvalue weighted by Gasteiger charge is -2.33. The molecule has 0 aromatic heterocycles. The van der Waals surface area contributed by atoms with E-state index < -0.39 is 5.54 Å². The van der Waals surface area contributed by atoms with Crippen LogP contribution in [0.25, 0.3) is 0 Å². The molecule has 0 aromatic carbocycles. The molecule has 1 fully saturated rings. The molecule has 0 aromatic rings. The van der Waals surface area contributed by atoms with Crippen LogP contribution in [0.2, 0.25) is 0 Å². The molecule has 3 unspecified atom stereocenters. The highest BCUT2D eigenvalue weighted by Gasteiger charge is 2.49. The Balaban J connectivity index is 2.81. The molecule has 0 radical (unpaired) electrons. The van der Waals surface area contributed by atoms with Gasteiger partial charge in [0.05, 0.1) is 13.2 Å². The molecule has 1 heterocycles. The Kier molecular flexibility index (Phi) is 4.11. The number of esters is 1. The minimum atomic E-state index is -0.649. The van der Waals surface area contributed by atoms with Crippen molar-refractivity contribution in [2.75, 3.05) is 13.7 Å². The van der Waals surface area contributed by atoms with Crippen molar-refractivity contribution in [1.29, 1.82) is 0 Å². The van der Waals surface area contributed by atoms with Crippen molar-refractivity contribution in [2.45, 2.75) is 51.3 Å². The van der Waals surface area contributed by atoms with Crippen molar-refractivity contribution in [1.82, 2.24) is 5.32 Å². The minimum absolute atomic E-state index is 0.126. The fourth-order valence-electron chi connectivity index (χ4n) is 1.98. The zero-order valence-corrected chi connectivity index (χ0v) is 10.0. The van der Waals surface area contributed by atoms with Gasteiger partial charge in [0, 0.05) is 19.1 Å². The molecular weight excluding hydrogens is 194 g/mol. The van der Waals surface area contributed by atoms with Gasteiger partial charge in [0.2, 0.25) is 0 Å².